The Hall–Kier alpha value is -0.450. The highest BCUT2D eigenvalue weighted by molar-refractivity contribution is 9.10. The van der Waals surface area contributed by atoms with Crippen molar-refractivity contribution in [2.75, 3.05) is 26.2 Å². The van der Waals surface area contributed by atoms with Crippen LogP contribution >= 0.6 is 15.9 Å². The van der Waals surface area contributed by atoms with Crippen LogP contribution < -0.4 is 5.32 Å². The summed E-state index contributed by atoms with van der Waals surface area (Å²) in [7, 11) is 0. The molecular weight excluding hydrogens is 290 g/mol. The Balaban J connectivity index is 2.15. The molecule has 4 heteroatoms. The van der Waals surface area contributed by atoms with Crippen LogP contribution in [0.5, 0.6) is 0 Å². The molecule has 0 radical (unpaired) electrons. The van der Waals surface area contributed by atoms with Gasteiger partial charge in [0.2, 0.25) is 0 Å². The van der Waals surface area contributed by atoms with Crippen LogP contribution in [0, 0.1) is 5.92 Å². The third-order valence-corrected chi connectivity index (χ3v) is 3.85. The monoisotopic (exact) mass is 311 g/mol. The zero-order valence-corrected chi connectivity index (χ0v) is 12.8. The lowest BCUT2D eigenvalue weighted by atomic mass is 9.98. The number of piperazine rings is 1. The van der Waals surface area contributed by atoms with E-state index in [4.69, 9.17) is 0 Å². The first kappa shape index (κ1) is 14.0. The van der Waals surface area contributed by atoms with Gasteiger partial charge in [0.25, 0.3) is 0 Å². The van der Waals surface area contributed by atoms with Gasteiger partial charge in [-0.25, -0.2) is 0 Å². The molecule has 0 spiro atoms. The molecule has 1 aliphatic heterocycles. The molecule has 0 unspecified atom stereocenters. The van der Waals surface area contributed by atoms with Crippen LogP contribution in [0.25, 0.3) is 0 Å². The first-order valence-corrected chi connectivity index (χ1v) is 7.52. The minimum Gasteiger partial charge on any atom is -0.314 e. The molecule has 1 N–H and O–H groups in total. The zero-order valence-electron chi connectivity index (χ0n) is 11.2. The molecule has 1 aliphatic rings. The van der Waals surface area contributed by atoms with Crippen LogP contribution in [0.4, 0.5) is 0 Å². The van der Waals surface area contributed by atoms with Crippen molar-refractivity contribution in [1.82, 2.24) is 15.2 Å². The second kappa shape index (κ2) is 6.64. The van der Waals surface area contributed by atoms with Gasteiger partial charge in [0.1, 0.15) is 0 Å². The first-order valence-electron chi connectivity index (χ1n) is 6.73. The molecular formula is C14H22BrN3. The summed E-state index contributed by atoms with van der Waals surface area (Å²) in [5.74, 6) is 0.690. The average Bonchev–Trinajstić information content (AvgIpc) is 2.38. The summed E-state index contributed by atoms with van der Waals surface area (Å²) in [5, 5.41) is 3.41. The fraction of sp³-hybridized carbons (Fsp3) is 0.643. The maximum Gasteiger partial charge on any atom is 0.0576 e. The molecule has 18 heavy (non-hydrogen) atoms. The van der Waals surface area contributed by atoms with E-state index in [1.54, 1.807) is 0 Å². The molecule has 0 amide bonds. The molecule has 1 saturated heterocycles. The van der Waals surface area contributed by atoms with Crippen molar-refractivity contribution < 1.29 is 0 Å². The Kier molecular flexibility index (Phi) is 5.15. The highest BCUT2D eigenvalue weighted by Gasteiger charge is 2.23. The summed E-state index contributed by atoms with van der Waals surface area (Å²) in [4.78, 5) is 7.16. The van der Waals surface area contributed by atoms with Crippen molar-refractivity contribution in [2.45, 2.75) is 26.3 Å². The number of nitrogens with zero attached hydrogens (tertiary/aromatic N) is 2. The van der Waals surface area contributed by atoms with Crippen molar-refractivity contribution in [2.24, 2.45) is 5.92 Å². The average molecular weight is 312 g/mol. The van der Waals surface area contributed by atoms with Gasteiger partial charge in [0.05, 0.1) is 11.7 Å². The minimum atomic E-state index is 0.459. The minimum absolute atomic E-state index is 0.459. The molecule has 1 fully saturated rings. The van der Waals surface area contributed by atoms with Crippen LogP contribution in [0.2, 0.25) is 0 Å². The quantitative estimate of drug-likeness (QED) is 0.927. The van der Waals surface area contributed by atoms with E-state index in [1.807, 2.05) is 6.20 Å². The van der Waals surface area contributed by atoms with Crippen molar-refractivity contribution in [3.8, 4) is 0 Å². The summed E-state index contributed by atoms with van der Waals surface area (Å²) < 4.78 is 1.05. The van der Waals surface area contributed by atoms with E-state index in [1.165, 1.54) is 12.1 Å². The van der Waals surface area contributed by atoms with Gasteiger partial charge in [-0.15, -0.1) is 0 Å². The van der Waals surface area contributed by atoms with Crippen LogP contribution in [0.15, 0.2) is 22.8 Å². The Morgan fingerprint density at radius 1 is 1.33 bits per heavy atom. The molecule has 0 aromatic carbocycles. The van der Waals surface area contributed by atoms with E-state index >= 15 is 0 Å². The van der Waals surface area contributed by atoms with Gasteiger partial charge in [0.15, 0.2) is 0 Å². The largest absolute Gasteiger partial charge is 0.314 e. The number of nitrogens with one attached hydrogen (secondary N) is 1. The Bertz CT molecular complexity index is 358. The highest BCUT2D eigenvalue weighted by Crippen LogP contribution is 2.27. The lowest BCUT2D eigenvalue weighted by Crippen LogP contribution is -2.45. The molecule has 3 nitrogen and oxygen atoms in total. The molecule has 0 aliphatic carbocycles. The third-order valence-electron chi connectivity index (χ3n) is 3.38. The number of pyridine rings is 1. The van der Waals surface area contributed by atoms with Gasteiger partial charge in [-0.3, -0.25) is 9.88 Å². The number of hydrogen-bond acceptors (Lipinski definition) is 3. The number of rotatable bonds is 4. The Morgan fingerprint density at radius 2 is 2.06 bits per heavy atom. The van der Waals surface area contributed by atoms with Crippen LogP contribution in [0.1, 0.15) is 32.0 Å². The second-order valence-electron chi connectivity index (χ2n) is 5.33. The van der Waals surface area contributed by atoms with E-state index in [0.717, 1.165) is 30.7 Å². The maximum absolute atomic E-state index is 4.60. The Morgan fingerprint density at radius 3 is 2.61 bits per heavy atom. The number of halogens is 1. The zero-order chi connectivity index (χ0) is 13.0. The maximum atomic E-state index is 4.60. The molecule has 100 valence electrons. The lowest BCUT2D eigenvalue weighted by Gasteiger charge is -2.35. The van der Waals surface area contributed by atoms with Crippen molar-refractivity contribution >= 4 is 15.9 Å². The van der Waals surface area contributed by atoms with Crippen molar-refractivity contribution in [3.05, 3.63) is 28.5 Å². The summed E-state index contributed by atoms with van der Waals surface area (Å²) in [5.41, 5.74) is 1.20. The highest BCUT2D eigenvalue weighted by atomic mass is 79.9. The van der Waals surface area contributed by atoms with Crippen LogP contribution in [-0.4, -0.2) is 36.1 Å². The molecule has 1 aromatic heterocycles. The molecule has 1 aromatic rings. The standard InChI is InChI=1S/C14H22BrN3/c1-11(2)9-14(18-7-5-16-6-8-18)13-4-3-12(15)10-17-13/h3-4,10-11,14,16H,5-9H2,1-2H3/t14-/m0/s1. The van der Waals surface area contributed by atoms with E-state index in [2.05, 4.69) is 57.1 Å². The van der Waals surface area contributed by atoms with Crippen molar-refractivity contribution in [3.63, 3.8) is 0 Å². The van der Waals surface area contributed by atoms with E-state index < -0.39 is 0 Å². The van der Waals surface area contributed by atoms with Gasteiger partial charge in [-0.2, -0.15) is 0 Å². The first-order chi connectivity index (χ1) is 8.66. The van der Waals surface area contributed by atoms with E-state index in [-0.39, 0.29) is 0 Å². The second-order valence-corrected chi connectivity index (χ2v) is 6.25. The van der Waals surface area contributed by atoms with E-state index in [0.29, 0.717) is 12.0 Å². The summed E-state index contributed by atoms with van der Waals surface area (Å²) in [6.45, 7) is 8.99. The summed E-state index contributed by atoms with van der Waals surface area (Å²) in [6, 6.07) is 4.71. The van der Waals surface area contributed by atoms with Gasteiger partial charge in [-0.1, -0.05) is 13.8 Å². The fourth-order valence-corrected chi connectivity index (χ4v) is 2.72. The summed E-state index contributed by atoms with van der Waals surface area (Å²) in [6.07, 6.45) is 3.08. The molecule has 2 heterocycles. The number of aromatic nitrogens is 1. The molecule has 0 saturated carbocycles. The number of hydrogen-bond donors (Lipinski definition) is 1. The van der Waals surface area contributed by atoms with Crippen LogP contribution in [0.3, 0.4) is 0 Å². The SMILES string of the molecule is CC(C)C[C@@H](c1ccc(Br)cn1)N1CCNCC1. The lowest BCUT2D eigenvalue weighted by molar-refractivity contribution is 0.151. The smallest absolute Gasteiger partial charge is 0.0576 e. The normalized spacial score (nSPS) is 19.1. The van der Waals surface area contributed by atoms with Gasteiger partial charge in [-0.05, 0) is 40.4 Å². The van der Waals surface area contributed by atoms with Gasteiger partial charge >= 0.3 is 0 Å². The predicted molar refractivity (Wildman–Crippen MR) is 78.6 cm³/mol. The predicted octanol–water partition coefficient (Wildman–Crippen LogP) is 2.84. The van der Waals surface area contributed by atoms with Gasteiger partial charge < -0.3 is 5.32 Å². The van der Waals surface area contributed by atoms with Crippen molar-refractivity contribution in [1.29, 1.82) is 0 Å². The topological polar surface area (TPSA) is 28.2 Å². The van der Waals surface area contributed by atoms with Gasteiger partial charge in [0, 0.05) is 36.8 Å². The van der Waals surface area contributed by atoms with Crippen LogP contribution in [-0.2, 0) is 0 Å². The molecule has 2 rings (SSSR count). The third kappa shape index (κ3) is 3.77. The van der Waals surface area contributed by atoms with E-state index in [9.17, 15) is 0 Å². The Labute approximate surface area is 118 Å². The fourth-order valence-electron chi connectivity index (χ4n) is 2.48. The summed E-state index contributed by atoms with van der Waals surface area (Å²) >= 11 is 3.46. The molecule has 0 bridgehead atoms. The molecule has 1 atom stereocenters.